The van der Waals surface area contributed by atoms with Crippen molar-refractivity contribution in [1.29, 1.82) is 0 Å². The predicted molar refractivity (Wildman–Crippen MR) is 99.7 cm³/mol. The highest BCUT2D eigenvalue weighted by Crippen LogP contribution is 2.65. The molecular weight excluding hydrogens is 374 g/mol. The van der Waals surface area contributed by atoms with Gasteiger partial charge in [-0.2, -0.15) is 0 Å². The van der Waals surface area contributed by atoms with Crippen LogP contribution in [0.3, 0.4) is 0 Å². The summed E-state index contributed by atoms with van der Waals surface area (Å²) in [5.41, 5.74) is 0.389. The van der Waals surface area contributed by atoms with E-state index in [2.05, 4.69) is 12.2 Å². The summed E-state index contributed by atoms with van der Waals surface area (Å²) in [5.74, 6) is -0.473. The number of ether oxygens (including phenoxy) is 2. The number of rotatable bonds is 6. The molecule has 0 unspecified atom stereocenters. The Morgan fingerprint density at radius 2 is 1.59 bits per heavy atom. The van der Waals surface area contributed by atoms with Crippen LogP contribution in [-0.2, 0) is 19.1 Å². The van der Waals surface area contributed by atoms with Crippen LogP contribution in [0.1, 0.15) is 16.8 Å². The normalized spacial score (nSPS) is 33.3. The number of methoxy groups -OCH3 is 1. The lowest BCUT2D eigenvalue weighted by Crippen LogP contribution is -2.40. The van der Waals surface area contributed by atoms with Crippen LogP contribution in [0.5, 0.6) is 5.75 Å². The van der Waals surface area contributed by atoms with Crippen molar-refractivity contribution in [1.82, 2.24) is 4.90 Å². The number of Topliss-reactive ketones (excluding diaryl/α,β-unsaturated/α-hetero) is 1. The fraction of sp³-hybridized carbons (Fsp3) is 0.455. The number of imide groups is 1. The van der Waals surface area contributed by atoms with Gasteiger partial charge in [0.2, 0.25) is 11.8 Å². The number of nitrogens with zero attached hydrogens (tertiary/aromatic N) is 1. The molecule has 1 saturated heterocycles. The number of allylic oxidation sites excluding steroid dienone is 2. The number of amides is 2. The van der Waals surface area contributed by atoms with Crippen LogP contribution in [0.4, 0.5) is 0 Å². The lowest BCUT2D eigenvalue weighted by molar-refractivity contribution is -0.152. The van der Waals surface area contributed by atoms with Crippen molar-refractivity contribution < 1.29 is 28.7 Å². The van der Waals surface area contributed by atoms with E-state index >= 15 is 0 Å². The molecule has 1 aliphatic heterocycles. The largest absolute Gasteiger partial charge is 0.497 e. The van der Waals surface area contributed by atoms with Crippen molar-refractivity contribution >= 4 is 23.6 Å². The maximum absolute atomic E-state index is 12.8. The molecule has 1 heterocycles. The SMILES string of the molecule is COc1ccc(C(=O)COC(=O)CN2C(=O)[C@@H]3[C@@H]4C=C[C@H]([C@@H]5C[C@H]45)[C@H]3C2=O)cc1. The van der Waals surface area contributed by atoms with Crippen LogP contribution in [-0.4, -0.2) is 48.7 Å². The minimum Gasteiger partial charge on any atom is -0.497 e. The molecule has 1 aromatic rings. The molecule has 2 saturated carbocycles. The Balaban J connectivity index is 1.20. The van der Waals surface area contributed by atoms with E-state index in [0.717, 1.165) is 11.3 Å². The van der Waals surface area contributed by atoms with Crippen LogP contribution >= 0.6 is 0 Å². The molecule has 2 bridgehead atoms. The summed E-state index contributed by atoms with van der Waals surface area (Å²) in [4.78, 5) is 51.1. The van der Waals surface area contributed by atoms with Crippen LogP contribution < -0.4 is 4.74 Å². The first-order valence-electron chi connectivity index (χ1n) is 9.86. The Bertz CT molecular complexity index is 899. The zero-order valence-electron chi connectivity index (χ0n) is 15.9. The third-order valence-electron chi connectivity index (χ3n) is 6.82. The van der Waals surface area contributed by atoms with Crippen molar-refractivity contribution in [2.24, 2.45) is 35.5 Å². The Morgan fingerprint density at radius 3 is 2.14 bits per heavy atom. The molecule has 0 spiro atoms. The Hall–Kier alpha value is -2.96. The average molecular weight is 395 g/mol. The molecule has 6 atom stereocenters. The Labute approximate surface area is 167 Å². The van der Waals surface area contributed by atoms with Crippen LogP contribution in [0.25, 0.3) is 0 Å². The van der Waals surface area contributed by atoms with Gasteiger partial charge < -0.3 is 9.47 Å². The zero-order valence-corrected chi connectivity index (χ0v) is 15.9. The van der Waals surface area contributed by atoms with E-state index in [1.165, 1.54) is 7.11 Å². The number of hydrogen-bond acceptors (Lipinski definition) is 6. The number of esters is 1. The summed E-state index contributed by atoms with van der Waals surface area (Å²) < 4.78 is 10.1. The third-order valence-corrected chi connectivity index (χ3v) is 6.82. The van der Waals surface area contributed by atoms with Gasteiger partial charge in [-0.15, -0.1) is 0 Å². The molecule has 4 aliphatic carbocycles. The first kappa shape index (κ1) is 18.1. The molecular formula is C22H21NO6. The highest BCUT2D eigenvalue weighted by Gasteiger charge is 2.67. The first-order chi connectivity index (χ1) is 14.0. The Morgan fingerprint density at radius 1 is 1.00 bits per heavy atom. The minimum absolute atomic E-state index is 0.115. The summed E-state index contributed by atoms with van der Waals surface area (Å²) >= 11 is 0. The topological polar surface area (TPSA) is 90.0 Å². The second-order valence-electron chi connectivity index (χ2n) is 8.23. The Kier molecular flexibility index (Phi) is 4.08. The van der Waals surface area contributed by atoms with E-state index in [1.54, 1.807) is 24.3 Å². The summed E-state index contributed by atoms with van der Waals surface area (Å²) in [7, 11) is 1.53. The molecule has 150 valence electrons. The van der Waals surface area contributed by atoms with Crippen LogP contribution in [0.15, 0.2) is 36.4 Å². The maximum atomic E-state index is 12.8. The smallest absolute Gasteiger partial charge is 0.326 e. The van der Waals surface area contributed by atoms with Crippen LogP contribution in [0, 0.1) is 35.5 Å². The highest BCUT2D eigenvalue weighted by molar-refractivity contribution is 6.08. The van der Waals surface area contributed by atoms with Gasteiger partial charge in [0, 0.05) is 5.56 Å². The van der Waals surface area contributed by atoms with E-state index in [0.29, 0.717) is 23.1 Å². The van der Waals surface area contributed by atoms with Gasteiger partial charge in [-0.1, -0.05) is 12.2 Å². The molecule has 3 fully saturated rings. The lowest BCUT2D eigenvalue weighted by atomic mass is 9.63. The number of hydrogen-bond donors (Lipinski definition) is 0. The van der Waals surface area contributed by atoms with Crippen LogP contribution in [0.2, 0.25) is 0 Å². The standard InChI is InChI=1S/C22H21NO6/c1-28-12-4-2-11(3-5-12)17(24)10-29-18(25)9-23-21(26)19-13-6-7-14(16-8-15(13)16)20(19)22(23)27/h2-7,13-16,19-20H,8-10H2,1H3/t13-,14-,15-,16+,19-,20-/m1/s1. The molecule has 7 heteroatoms. The van der Waals surface area contributed by atoms with E-state index in [9.17, 15) is 19.2 Å². The van der Waals surface area contributed by atoms with Gasteiger partial charge in [0.05, 0.1) is 18.9 Å². The van der Waals surface area contributed by atoms with Crippen molar-refractivity contribution in [3.63, 3.8) is 0 Å². The van der Waals surface area contributed by atoms with E-state index in [4.69, 9.17) is 9.47 Å². The number of carbonyl (C=O) groups excluding carboxylic acids is 4. The van der Waals surface area contributed by atoms with Gasteiger partial charge in [0.25, 0.3) is 0 Å². The van der Waals surface area contributed by atoms with Crippen molar-refractivity contribution in [3.05, 3.63) is 42.0 Å². The second kappa shape index (κ2) is 6.54. The molecule has 5 aliphatic rings. The molecule has 7 nitrogen and oxygen atoms in total. The summed E-state index contributed by atoms with van der Waals surface area (Å²) in [6, 6.07) is 6.46. The molecule has 29 heavy (non-hydrogen) atoms. The van der Waals surface area contributed by atoms with Gasteiger partial charge in [-0.25, -0.2) is 0 Å². The first-order valence-corrected chi connectivity index (χ1v) is 9.86. The summed E-state index contributed by atoms with van der Waals surface area (Å²) in [6.07, 6.45) is 5.26. The average Bonchev–Trinajstić information content (AvgIpc) is 3.53. The molecule has 2 amide bonds. The molecule has 0 aromatic heterocycles. The van der Waals surface area contributed by atoms with Crippen molar-refractivity contribution in [2.75, 3.05) is 20.3 Å². The summed E-state index contributed by atoms with van der Waals surface area (Å²) in [6.45, 7) is -0.874. The summed E-state index contributed by atoms with van der Waals surface area (Å²) in [5, 5.41) is 0. The number of ketones is 1. The molecule has 0 radical (unpaired) electrons. The predicted octanol–water partition coefficient (Wildman–Crippen LogP) is 1.47. The second-order valence-corrected chi connectivity index (χ2v) is 8.23. The van der Waals surface area contributed by atoms with Gasteiger partial charge in [-0.3, -0.25) is 24.1 Å². The van der Waals surface area contributed by atoms with Crippen molar-refractivity contribution in [3.8, 4) is 5.75 Å². The van der Waals surface area contributed by atoms with E-state index in [1.807, 2.05) is 0 Å². The molecule has 1 aromatic carbocycles. The van der Waals surface area contributed by atoms with Gasteiger partial charge in [0.1, 0.15) is 12.3 Å². The fourth-order valence-electron chi connectivity index (χ4n) is 5.36. The number of benzene rings is 1. The number of carbonyl (C=O) groups is 4. The fourth-order valence-corrected chi connectivity index (χ4v) is 5.36. The molecule has 6 rings (SSSR count). The van der Waals surface area contributed by atoms with Crippen molar-refractivity contribution in [2.45, 2.75) is 6.42 Å². The molecule has 0 N–H and O–H groups in total. The van der Waals surface area contributed by atoms with Gasteiger partial charge >= 0.3 is 5.97 Å². The van der Waals surface area contributed by atoms with Gasteiger partial charge in [-0.05, 0) is 54.4 Å². The lowest BCUT2D eigenvalue weighted by Gasteiger charge is -2.37. The highest BCUT2D eigenvalue weighted by atomic mass is 16.5. The quantitative estimate of drug-likeness (QED) is 0.314. The zero-order chi connectivity index (χ0) is 20.3. The number of likely N-dealkylation sites (tertiary alicyclic amines) is 1. The minimum atomic E-state index is -0.752. The van der Waals surface area contributed by atoms with E-state index < -0.39 is 19.1 Å². The maximum Gasteiger partial charge on any atom is 0.326 e. The third kappa shape index (κ3) is 2.79. The van der Waals surface area contributed by atoms with Gasteiger partial charge in [0.15, 0.2) is 12.4 Å². The monoisotopic (exact) mass is 395 g/mol. The van der Waals surface area contributed by atoms with E-state index in [-0.39, 0.29) is 41.3 Å².